The lowest BCUT2D eigenvalue weighted by Gasteiger charge is -2.14. The lowest BCUT2D eigenvalue weighted by atomic mass is 10.1. The van der Waals surface area contributed by atoms with Crippen molar-refractivity contribution in [1.82, 2.24) is 24.9 Å². The minimum atomic E-state index is -4.61. The first-order valence-electron chi connectivity index (χ1n) is 37.3. The van der Waals surface area contributed by atoms with Crippen molar-refractivity contribution in [3.8, 4) is 82.2 Å². The van der Waals surface area contributed by atoms with Gasteiger partial charge in [-0.15, -0.1) is 12.8 Å². The Labute approximate surface area is 724 Å². The molecule has 15 aromatic rings. The van der Waals surface area contributed by atoms with E-state index in [2.05, 4.69) is 63.3 Å². The van der Waals surface area contributed by atoms with Crippen molar-refractivity contribution in [2.24, 2.45) is 0 Å². The highest BCUT2D eigenvalue weighted by Crippen LogP contribution is 2.37. The van der Waals surface area contributed by atoms with Gasteiger partial charge >= 0.3 is 6.18 Å². The first-order chi connectivity index (χ1) is 59.5. The number of ether oxygens (including phenoxy) is 5. The van der Waals surface area contributed by atoms with Crippen molar-refractivity contribution in [2.45, 2.75) is 34.4 Å². The zero-order valence-corrected chi connectivity index (χ0v) is 67.3. The van der Waals surface area contributed by atoms with Crippen LogP contribution in [0.5, 0.6) is 57.5 Å². The Hall–Kier alpha value is -16.2. The molecule has 5 aromatic heterocycles. The Morgan fingerprint density at radius 2 is 0.589 bits per heavy atom. The Kier molecular flexibility index (Phi) is 32.8. The number of alkyl halides is 3. The van der Waals surface area contributed by atoms with Crippen LogP contribution in [-0.2, 0) is 6.18 Å². The van der Waals surface area contributed by atoms with Gasteiger partial charge in [0, 0.05) is 140 Å². The van der Waals surface area contributed by atoms with Crippen LogP contribution in [0.2, 0.25) is 10.0 Å². The minimum absolute atomic E-state index is 0. The Morgan fingerprint density at radius 1 is 0.298 bits per heavy atom. The number of halogens is 5. The second-order valence-corrected chi connectivity index (χ2v) is 27.3. The van der Waals surface area contributed by atoms with E-state index in [0.717, 1.165) is 28.8 Å². The van der Waals surface area contributed by atoms with E-state index < -0.39 is 17.6 Å². The smallest absolute Gasteiger partial charge is 0.416 e. The first-order valence-corrected chi connectivity index (χ1v) is 38.1. The highest BCUT2D eigenvalue weighted by Gasteiger charge is 2.32. The predicted molar refractivity (Wildman–Crippen MR) is 478 cm³/mol. The van der Waals surface area contributed by atoms with Gasteiger partial charge in [0.05, 0.1) is 41.6 Å². The molecule has 10 aromatic carbocycles. The number of nitrogens with one attached hydrogen (secondary N) is 5. The van der Waals surface area contributed by atoms with Crippen LogP contribution in [0.1, 0.15) is 92.6 Å². The number of hydrogen-bond acceptors (Lipinski definition) is 15. The highest BCUT2D eigenvalue weighted by atomic mass is 35.5. The summed E-state index contributed by atoms with van der Waals surface area (Å²) in [6, 6.07) is 80.6. The number of benzene rings is 10. The third-order valence-corrected chi connectivity index (χ3v) is 17.1. The number of rotatable bonds is 20. The van der Waals surface area contributed by atoms with Crippen molar-refractivity contribution in [1.29, 1.82) is 0 Å². The Morgan fingerprint density at radius 3 is 0.927 bits per heavy atom. The van der Waals surface area contributed by atoms with Gasteiger partial charge in [-0.25, -0.2) is 0 Å². The van der Waals surface area contributed by atoms with E-state index in [4.69, 9.17) is 59.7 Å². The largest absolute Gasteiger partial charge is 0.456 e. The molecule has 0 saturated carbocycles. The third kappa shape index (κ3) is 29.1. The number of terminal acetylenes is 2. The fraction of sp³-hybridized carbons (Fsp3) is 0.0505. The van der Waals surface area contributed by atoms with E-state index >= 15 is 0 Å². The molecular weight excluding hydrogens is 1620 g/mol. The molecule has 0 fully saturated rings. The molecule has 5 heterocycles. The summed E-state index contributed by atoms with van der Waals surface area (Å²) in [5.41, 5.74) is 8.31. The fourth-order valence-electron chi connectivity index (χ4n) is 11.1. The predicted octanol–water partition coefficient (Wildman–Crippen LogP) is 24.5. The average Bonchev–Trinajstić information content (AvgIpc) is 0.813. The van der Waals surface area contributed by atoms with Crippen LogP contribution in [0, 0.1) is 45.5 Å². The number of amides is 5. The summed E-state index contributed by atoms with van der Waals surface area (Å²) in [6.07, 6.45) is 21.9. The molecular formula is C99H77Cl2F3N10O10. The Bertz CT molecular complexity index is 6130. The molecule has 0 unspecified atom stereocenters. The van der Waals surface area contributed by atoms with E-state index in [1.807, 2.05) is 124 Å². The molecule has 25 heteroatoms. The molecule has 0 bridgehead atoms. The standard InChI is InChI=1S/C21H13F3N2O2.C20H13ClN2O2.C19H15ClN2O2.2C19H16N2O2.CH4/c1-2-14-5-3-6-15(9-14)20(27)26-17-10-16(21(22,23)24)11-19(12-17)28-18-7-4-8-25-13-18;1-2-14-5-3-6-15(9-14)20(24)23-17-10-16(21)11-19(12-17)25-18-7-4-8-22-13-18;1-13-4-2-5-14(8-13)19(23)22-16-6-3-7-17(10-16)24-18-9-15(20)11-21-12-18;2*1-14-5-2-6-15(11-14)19(22)21-16-7-3-8-17(12-16)23-18-9-4-10-20-13-18;/h1,3-13H,(H,26,27);1,3-13H,(H,23,24);2-12H,1H3,(H,22,23);2*2-13H,1H3,(H,21,22);1H4. The number of carbonyl (C=O) groups is 5. The van der Waals surface area contributed by atoms with E-state index in [9.17, 15) is 37.1 Å². The summed E-state index contributed by atoms with van der Waals surface area (Å²) in [6.45, 7) is 5.86. The van der Waals surface area contributed by atoms with Gasteiger partial charge in [-0.05, 0) is 203 Å². The lowest BCUT2D eigenvalue weighted by molar-refractivity contribution is -0.137. The zero-order chi connectivity index (χ0) is 86.9. The summed E-state index contributed by atoms with van der Waals surface area (Å²) >= 11 is 12.0. The topological polar surface area (TPSA) is 256 Å². The average molecular weight is 1690 g/mol. The van der Waals surface area contributed by atoms with Gasteiger partial charge in [0.15, 0.2) is 0 Å². The summed E-state index contributed by atoms with van der Waals surface area (Å²) in [7, 11) is 0. The molecule has 0 spiro atoms. The van der Waals surface area contributed by atoms with Crippen molar-refractivity contribution in [3.63, 3.8) is 0 Å². The number of anilines is 5. The summed E-state index contributed by atoms with van der Waals surface area (Å²) in [5.74, 6) is 8.50. The fourth-order valence-corrected chi connectivity index (χ4v) is 11.5. The van der Waals surface area contributed by atoms with Gasteiger partial charge in [-0.2, -0.15) is 13.2 Å². The molecule has 15 rings (SSSR count). The van der Waals surface area contributed by atoms with Crippen molar-refractivity contribution in [3.05, 3.63) is 418 Å². The van der Waals surface area contributed by atoms with Crippen molar-refractivity contribution in [2.75, 3.05) is 26.6 Å². The highest BCUT2D eigenvalue weighted by molar-refractivity contribution is 6.31. The van der Waals surface area contributed by atoms with Gasteiger partial charge in [0.2, 0.25) is 0 Å². The molecule has 0 saturated heterocycles. The van der Waals surface area contributed by atoms with Gasteiger partial charge in [0.25, 0.3) is 29.5 Å². The molecule has 5 N–H and O–H groups in total. The van der Waals surface area contributed by atoms with Crippen LogP contribution in [0.15, 0.2) is 347 Å². The number of aryl methyl sites for hydroxylation is 3. The van der Waals surface area contributed by atoms with Gasteiger partial charge in [0.1, 0.15) is 57.5 Å². The minimum Gasteiger partial charge on any atom is -0.456 e. The van der Waals surface area contributed by atoms with Crippen LogP contribution in [0.3, 0.4) is 0 Å². The van der Waals surface area contributed by atoms with E-state index in [1.54, 1.807) is 195 Å². The van der Waals surface area contributed by atoms with Crippen LogP contribution < -0.4 is 50.3 Å². The van der Waals surface area contributed by atoms with E-state index in [-0.39, 0.29) is 53.8 Å². The monoisotopic (exact) mass is 1690 g/mol. The van der Waals surface area contributed by atoms with Crippen LogP contribution in [0.4, 0.5) is 41.6 Å². The molecule has 124 heavy (non-hydrogen) atoms. The summed E-state index contributed by atoms with van der Waals surface area (Å²) in [4.78, 5) is 81.5. The molecule has 0 aliphatic carbocycles. The normalized spacial score (nSPS) is 10.2. The number of carbonyl (C=O) groups excluding carboxylic acids is 5. The summed E-state index contributed by atoms with van der Waals surface area (Å²) in [5, 5.41) is 14.8. The SMILES string of the molecule is C.C#Cc1cccc(C(=O)Nc2cc(Cl)cc(Oc3cccnc3)c2)c1.C#Cc1cccc(C(=O)Nc2cc(Oc3cccnc3)cc(C(F)(F)F)c2)c1.Cc1cccc(C(=O)Nc2cccc(Oc3cccnc3)c2)c1.Cc1cccc(C(=O)Nc2cccc(Oc3cccnc3)c2)c1.Cc1cccc(C(=O)Nc2cccc(Oc3cncc(Cl)c3)c2)c1. The number of hydrogen-bond donors (Lipinski definition) is 5. The summed E-state index contributed by atoms with van der Waals surface area (Å²) < 4.78 is 68.0. The van der Waals surface area contributed by atoms with E-state index in [1.165, 1.54) is 36.8 Å². The second-order valence-electron chi connectivity index (χ2n) is 26.4. The molecule has 5 amide bonds. The molecule has 0 aliphatic rings. The van der Waals surface area contributed by atoms with E-state index in [0.29, 0.717) is 112 Å². The van der Waals surface area contributed by atoms with Gasteiger partial charge < -0.3 is 50.3 Å². The number of pyridine rings is 5. The first kappa shape index (κ1) is 90.1. The van der Waals surface area contributed by atoms with Crippen LogP contribution >= 0.6 is 23.2 Å². The van der Waals surface area contributed by atoms with Gasteiger partial charge in [-0.3, -0.25) is 48.9 Å². The third-order valence-electron chi connectivity index (χ3n) is 16.7. The maximum Gasteiger partial charge on any atom is 0.416 e. The lowest BCUT2D eigenvalue weighted by Crippen LogP contribution is -2.13. The van der Waals surface area contributed by atoms with Gasteiger partial charge in [-0.1, -0.05) is 126 Å². The quantitative estimate of drug-likeness (QED) is 0.0445. The molecule has 618 valence electrons. The Balaban J connectivity index is 0.000000162. The molecule has 0 atom stereocenters. The number of aromatic nitrogens is 5. The molecule has 0 radical (unpaired) electrons. The van der Waals surface area contributed by atoms with Crippen molar-refractivity contribution >= 4 is 81.2 Å². The van der Waals surface area contributed by atoms with Crippen LogP contribution in [-0.4, -0.2) is 54.5 Å². The zero-order valence-electron chi connectivity index (χ0n) is 65.8. The maximum atomic E-state index is 13.2. The maximum absolute atomic E-state index is 13.2. The molecule has 0 aliphatic heterocycles. The second kappa shape index (κ2) is 45.1. The van der Waals surface area contributed by atoms with Crippen LogP contribution in [0.25, 0.3) is 0 Å². The molecule has 20 nitrogen and oxygen atoms in total. The van der Waals surface area contributed by atoms with Crippen molar-refractivity contribution < 1.29 is 60.8 Å². The number of nitrogens with zero attached hydrogens (tertiary/aromatic N) is 5.